The van der Waals surface area contributed by atoms with Gasteiger partial charge in [0.25, 0.3) is 5.56 Å². The highest BCUT2D eigenvalue weighted by atomic mass is 16.1. The number of nitrogens with one attached hydrogen (secondary N) is 1. The molecule has 0 saturated carbocycles. The monoisotopic (exact) mass is 200 g/mol. The van der Waals surface area contributed by atoms with Gasteiger partial charge in [-0.15, -0.1) is 0 Å². The van der Waals surface area contributed by atoms with Crippen molar-refractivity contribution in [3.05, 3.63) is 46.5 Å². The lowest BCUT2D eigenvalue weighted by Crippen LogP contribution is -2.09. The molecule has 76 valence electrons. The standard InChI is InChI=1S/C12H12N2O/c1-7(2)9-4-5-10-11(6-9)13-8(3)14-12(10)15/h4-6H,1H2,2-3H3,(H,13,14,15). The number of aryl methyl sites for hydroxylation is 1. The number of hydrogen-bond acceptors (Lipinski definition) is 2. The van der Waals surface area contributed by atoms with Crippen molar-refractivity contribution in [1.29, 1.82) is 0 Å². The van der Waals surface area contributed by atoms with Crippen LogP contribution in [0.15, 0.2) is 29.6 Å². The summed E-state index contributed by atoms with van der Waals surface area (Å²) < 4.78 is 0. The molecule has 0 bridgehead atoms. The Hall–Kier alpha value is -1.90. The third-order valence-corrected chi connectivity index (χ3v) is 2.32. The second-order valence-electron chi connectivity index (χ2n) is 3.66. The van der Waals surface area contributed by atoms with Gasteiger partial charge in [-0.2, -0.15) is 0 Å². The van der Waals surface area contributed by atoms with E-state index in [1.54, 1.807) is 13.0 Å². The fourth-order valence-corrected chi connectivity index (χ4v) is 1.52. The van der Waals surface area contributed by atoms with E-state index in [1.807, 2.05) is 19.1 Å². The van der Waals surface area contributed by atoms with E-state index < -0.39 is 0 Å². The Bertz CT molecular complexity index is 596. The molecule has 1 aromatic carbocycles. The first-order chi connectivity index (χ1) is 7.08. The SMILES string of the molecule is C=C(C)c1ccc2c(=O)[nH]c(C)nc2c1. The first-order valence-corrected chi connectivity index (χ1v) is 4.74. The van der Waals surface area contributed by atoms with Crippen LogP contribution in [-0.2, 0) is 0 Å². The Kier molecular flexibility index (Phi) is 2.15. The number of benzene rings is 1. The van der Waals surface area contributed by atoms with Crippen molar-refractivity contribution in [3.8, 4) is 0 Å². The smallest absolute Gasteiger partial charge is 0.258 e. The normalized spacial score (nSPS) is 10.5. The predicted molar refractivity (Wildman–Crippen MR) is 61.8 cm³/mol. The number of rotatable bonds is 1. The molecule has 0 saturated heterocycles. The quantitative estimate of drug-likeness (QED) is 0.767. The van der Waals surface area contributed by atoms with Crippen molar-refractivity contribution < 1.29 is 0 Å². The van der Waals surface area contributed by atoms with Crippen molar-refractivity contribution in [1.82, 2.24) is 9.97 Å². The highest BCUT2D eigenvalue weighted by Crippen LogP contribution is 2.16. The molecule has 15 heavy (non-hydrogen) atoms. The molecule has 1 heterocycles. The Morgan fingerprint density at radius 2 is 2.20 bits per heavy atom. The Labute approximate surface area is 87.5 Å². The van der Waals surface area contributed by atoms with Crippen LogP contribution in [0.5, 0.6) is 0 Å². The predicted octanol–water partition coefficient (Wildman–Crippen LogP) is 2.26. The molecule has 3 heteroatoms. The molecule has 0 amide bonds. The van der Waals surface area contributed by atoms with Crippen molar-refractivity contribution in [3.63, 3.8) is 0 Å². The summed E-state index contributed by atoms with van der Waals surface area (Å²) in [6.07, 6.45) is 0. The van der Waals surface area contributed by atoms with Crippen molar-refractivity contribution in [2.45, 2.75) is 13.8 Å². The van der Waals surface area contributed by atoms with Gasteiger partial charge >= 0.3 is 0 Å². The van der Waals surface area contributed by atoms with Crippen LogP contribution in [0.3, 0.4) is 0 Å². The second-order valence-corrected chi connectivity index (χ2v) is 3.66. The van der Waals surface area contributed by atoms with Gasteiger partial charge in [-0.25, -0.2) is 4.98 Å². The summed E-state index contributed by atoms with van der Waals surface area (Å²) in [5.41, 5.74) is 2.61. The first-order valence-electron chi connectivity index (χ1n) is 4.74. The van der Waals surface area contributed by atoms with E-state index in [9.17, 15) is 4.79 Å². The van der Waals surface area contributed by atoms with Crippen LogP contribution < -0.4 is 5.56 Å². The Morgan fingerprint density at radius 1 is 1.47 bits per heavy atom. The van der Waals surface area contributed by atoms with E-state index in [0.29, 0.717) is 11.2 Å². The molecule has 0 spiro atoms. The van der Waals surface area contributed by atoms with Crippen molar-refractivity contribution in [2.75, 3.05) is 0 Å². The molecule has 0 unspecified atom stereocenters. The average molecular weight is 200 g/mol. The van der Waals surface area contributed by atoms with E-state index >= 15 is 0 Å². The molecule has 0 fully saturated rings. The lowest BCUT2D eigenvalue weighted by Gasteiger charge is -2.02. The van der Waals surface area contributed by atoms with E-state index in [0.717, 1.165) is 16.7 Å². The number of hydrogen-bond donors (Lipinski definition) is 1. The van der Waals surface area contributed by atoms with Gasteiger partial charge in [-0.05, 0) is 31.5 Å². The minimum Gasteiger partial charge on any atom is -0.310 e. The summed E-state index contributed by atoms with van der Waals surface area (Å²) in [6.45, 7) is 7.57. The lowest BCUT2D eigenvalue weighted by atomic mass is 10.1. The Morgan fingerprint density at radius 3 is 2.87 bits per heavy atom. The molecule has 2 aromatic rings. The van der Waals surface area contributed by atoms with Crippen LogP contribution in [0.4, 0.5) is 0 Å². The minimum atomic E-state index is -0.0919. The molecule has 1 N–H and O–H groups in total. The molecule has 0 atom stereocenters. The van der Waals surface area contributed by atoms with Gasteiger partial charge in [0, 0.05) is 0 Å². The molecular formula is C12H12N2O. The van der Waals surface area contributed by atoms with Crippen molar-refractivity contribution >= 4 is 16.5 Å². The minimum absolute atomic E-state index is 0.0919. The largest absolute Gasteiger partial charge is 0.310 e. The van der Waals surface area contributed by atoms with Crippen LogP contribution in [0.1, 0.15) is 18.3 Å². The van der Waals surface area contributed by atoms with E-state index in [2.05, 4.69) is 16.5 Å². The Balaban J connectivity index is 2.82. The summed E-state index contributed by atoms with van der Waals surface area (Å²) >= 11 is 0. The third-order valence-electron chi connectivity index (χ3n) is 2.32. The molecule has 0 aliphatic heterocycles. The van der Waals surface area contributed by atoms with Crippen LogP contribution in [-0.4, -0.2) is 9.97 Å². The van der Waals surface area contributed by atoms with E-state index in [1.165, 1.54) is 0 Å². The fraction of sp³-hybridized carbons (Fsp3) is 0.167. The zero-order valence-electron chi connectivity index (χ0n) is 8.79. The topological polar surface area (TPSA) is 45.8 Å². The van der Waals surface area contributed by atoms with Gasteiger partial charge in [-0.3, -0.25) is 4.79 Å². The number of aromatic amines is 1. The molecule has 2 rings (SSSR count). The molecule has 1 aromatic heterocycles. The number of fused-ring (bicyclic) bond motifs is 1. The molecule has 0 radical (unpaired) electrons. The van der Waals surface area contributed by atoms with E-state index in [-0.39, 0.29) is 5.56 Å². The summed E-state index contributed by atoms with van der Waals surface area (Å²) in [4.78, 5) is 18.5. The third kappa shape index (κ3) is 1.68. The van der Waals surface area contributed by atoms with Gasteiger partial charge in [0.1, 0.15) is 5.82 Å². The lowest BCUT2D eigenvalue weighted by molar-refractivity contribution is 1.06. The summed E-state index contributed by atoms with van der Waals surface area (Å²) in [5, 5.41) is 0.616. The van der Waals surface area contributed by atoms with E-state index in [4.69, 9.17) is 0 Å². The van der Waals surface area contributed by atoms with Crippen LogP contribution >= 0.6 is 0 Å². The highest BCUT2D eigenvalue weighted by molar-refractivity contribution is 5.81. The van der Waals surface area contributed by atoms with Crippen molar-refractivity contribution in [2.24, 2.45) is 0 Å². The van der Waals surface area contributed by atoms with Crippen LogP contribution in [0.25, 0.3) is 16.5 Å². The first kappa shape index (κ1) is 9.65. The summed E-state index contributed by atoms with van der Waals surface area (Å²) in [7, 11) is 0. The number of aromatic nitrogens is 2. The maximum absolute atomic E-state index is 11.6. The summed E-state index contributed by atoms with van der Waals surface area (Å²) in [6, 6.07) is 5.56. The van der Waals surface area contributed by atoms with Gasteiger partial charge in [0.05, 0.1) is 10.9 Å². The van der Waals surface area contributed by atoms with Gasteiger partial charge < -0.3 is 4.98 Å². The number of nitrogens with zero attached hydrogens (tertiary/aromatic N) is 1. The summed E-state index contributed by atoms with van der Waals surface area (Å²) in [5.74, 6) is 0.631. The van der Waals surface area contributed by atoms with Gasteiger partial charge in [0.15, 0.2) is 0 Å². The van der Waals surface area contributed by atoms with Gasteiger partial charge in [-0.1, -0.05) is 18.2 Å². The van der Waals surface area contributed by atoms with Gasteiger partial charge in [0.2, 0.25) is 0 Å². The maximum Gasteiger partial charge on any atom is 0.258 e. The zero-order chi connectivity index (χ0) is 11.0. The van der Waals surface area contributed by atoms with Crippen LogP contribution in [0, 0.1) is 6.92 Å². The molecule has 0 aliphatic carbocycles. The van der Waals surface area contributed by atoms with Crippen LogP contribution in [0.2, 0.25) is 0 Å². The molecule has 3 nitrogen and oxygen atoms in total. The number of H-pyrrole nitrogens is 1. The average Bonchev–Trinajstić information content (AvgIpc) is 2.16. The zero-order valence-corrected chi connectivity index (χ0v) is 8.79. The molecular weight excluding hydrogens is 188 g/mol. The highest BCUT2D eigenvalue weighted by Gasteiger charge is 2.02. The number of allylic oxidation sites excluding steroid dienone is 1. The molecule has 0 aliphatic rings. The fourth-order valence-electron chi connectivity index (χ4n) is 1.52. The second kappa shape index (κ2) is 3.35. The maximum atomic E-state index is 11.6.